The molecule has 2 aromatic rings. The molecule has 1 aromatic heterocycles. The van der Waals surface area contributed by atoms with Gasteiger partial charge in [-0.15, -0.1) is 0 Å². The number of aromatic nitrogens is 1. The predicted molar refractivity (Wildman–Crippen MR) is 73.9 cm³/mol. The van der Waals surface area contributed by atoms with Crippen molar-refractivity contribution in [3.63, 3.8) is 0 Å². The number of pyridine rings is 1. The van der Waals surface area contributed by atoms with Gasteiger partial charge in [-0.05, 0) is 25.1 Å². The van der Waals surface area contributed by atoms with E-state index in [4.69, 9.17) is 15.2 Å². The molecule has 20 heavy (non-hydrogen) atoms. The van der Waals surface area contributed by atoms with E-state index < -0.39 is 0 Å². The Kier molecular flexibility index (Phi) is 2.90. The van der Waals surface area contributed by atoms with Crippen LogP contribution < -0.4 is 20.5 Å². The first kappa shape index (κ1) is 12.3. The van der Waals surface area contributed by atoms with E-state index in [1.807, 2.05) is 6.92 Å². The second-order valence-corrected chi connectivity index (χ2v) is 4.43. The fourth-order valence-electron chi connectivity index (χ4n) is 1.98. The number of nitrogens with one attached hydrogen (secondary N) is 1. The topological polar surface area (TPSA) is 86.5 Å². The number of benzene rings is 1. The van der Waals surface area contributed by atoms with Crippen LogP contribution in [0.5, 0.6) is 11.5 Å². The molecule has 3 rings (SSSR count). The SMILES string of the molecule is Cc1cc(NC(=O)c2cc3c(cc2N)OCO3)ccn1. The van der Waals surface area contributed by atoms with Gasteiger partial charge in [0.2, 0.25) is 6.79 Å². The molecule has 2 heterocycles. The number of nitrogen functional groups attached to an aromatic ring is 1. The van der Waals surface area contributed by atoms with Crippen molar-refractivity contribution in [1.82, 2.24) is 4.98 Å². The number of ether oxygens (including phenoxy) is 2. The van der Waals surface area contributed by atoms with E-state index in [9.17, 15) is 4.79 Å². The Balaban J connectivity index is 1.87. The highest BCUT2D eigenvalue weighted by molar-refractivity contribution is 6.08. The molecule has 0 bridgehead atoms. The maximum absolute atomic E-state index is 12.2. The second-order valence-electron chi connectivity index (χ2n) is 4.43. The average Bonchev–Trinajstić information content (AvgIpc) is 2.84. The minimum absolute atomic E-state index is 0.142. The minimum Gasteiger partial charge on any atom is -0.454 e. The zero-order valence-electron chi connectivity index (χ0n) is 10.8. The van der Waals surface area contributed by atoms with E-state index in [2.05, 4.69) is 10.3 Å². The molecule has 6 heteroatoms. The molecule has 1 aliphatic heterocycles. The third kappa shape index (κ3) is 2.23. The van der Waals surface area contributed by atoms with Crippen molar-refractivity contribution >= 4 is 17.3 Å². The van der Waals surface area contributed by atoms with Gasteiger partial charge in [-0.1, -0.05) is 0 Å². The molecule has 102 valence electrons. The Morgan fingerprint density at radius 1 is 1.30 bits per heavy atom. The molecular formula is C14H13N3O3. The van der Waals surface area contributed by atoms with Gasteiger partial charge >= 0.3 is 0 Å². The van der Waals surface area contributed by atoms with Gasteiger partial charge in [0.05, 0.1) is 5.56 Å². The van der Waals surface area contributed by atoms with Gasteiger partial charge in [0.15, 0.2) is 11.5 Å². The number of rotatable bonds is 2. The van der Waals surface area contributed by atoms with Crippen LogP contribution in [0.4, 0.5) is 11.4 Å². The third-order valence-electron chi connectivity index (χ3n) is 2.94. The highest BCUT2D eigenvalue weighted by Gasteiger charge is 2.19. The Labute approximate surface area is 115 Å². The van der Waals surface area contributed by atoms with Gasteiger partial charge in [-0.3, -0.25) is 9.78 Å². The molecule has 3 N–H and O–H groups in total. The van der Waals surface area contributed by atoms with Crippen molar-refractivity contribution in [2.45, 2.75) is 6.92 Å². The number of aryl methyl sites for hydroxylation is 1. The number of nitrogens with two attached hydrogens (primary N) is 1. The standard InChI is InChI=1S/C14H13N3O3/c1-8-4-9(2-3-16-8)17-14(18)10-5-12-13(6-11(10)15)20-7-19-12/h2-6H,7,15H2,1H3,(H,16,17,18). The van der Waals surface area contributed by atoms with Gasteiger partial charge in [0, 0.05) is 29.3 Å². The molecule has 1 aromatic carbocycles. The summed E-state index contributed by atoms with van der Waals surface area (Å²) in [6.45, 7) is 1.99. The van der Waals surface area contributed by atoms with Gasteiger partial charge < -0.3 is 20.5 Å². The lowest BCUT2D eigenvalue weighted by atomic mass is 10.1. The molecule has 0 atom stereocenters. The van der Waals surface area contributed by atoms with E-state index in [1.54, 1.807) is 30.5 Å². The molecule has 1 amide bonds. The third-order valence-corrected chi connectivity index (χ3v) is 2.94. The molecular weight excluding hydrogens is 258 g/mol. The van der Waals surface area contributed by atoms with Crippen molar-refractivity contribution in [2.75, 3.05) is 17.8 Å². The molecule has 0 spiro atoms. The van der Waals surface area contributed by atoms with Gasteiger partial charge in [0.1, 0.15) is 0 Å². The fourth-order valence-corrected chi connectivity index (χ4v) is 1.98. The quantitative estimate of drug-likeness (QED) is 0.815. The summed E-state index contributed by atoms with van der Waals surface area (Å²) >= 11 is 0. The lowest BCUT2D eigenvalue weighted by Crippen LogP contribution is -2.14. The van der Waals surface area contributed by atoms with Crippen LogP contribution in [0.3, 0.4) is 0 Å². The fraction of sp³-hybridized carbons (Fsp3) is 0.143. The largest absolute Gasteiger partial charge is 0.454 e. The predicted octanol–water partition coefficient (Wildman–Crippen LogP) is 1.95. The molecule has 0 radical (unpaired) electrons. The van der Waals surface area contributed by atoms with Crippen LogP contribution in [0.15, 0.2) is 30.5 Å². The Morgan fingerprint density at radius 3 is 2.80 bits per heavy atom. The van der Waals surface area contributed by atoms with E-state index >= 15 is 0 Å². The first-order valence-corrected chi connectivity index (χ1v) is 6.06. The number of amides is 1. The molecule has 0 saturated carbocycles. The van der Waals surface area contributed by atoms with Crippen LogP contribution in [-0.4, -0.2) is 17.7 Å². The number of fused-ring (bicyclic) bond motifs is 1. The lowest BCUT2D eigenvalue weighted by Gasteiger charge is -2.09. The monoisotopic (exact) mass is 271 g/mol. The number of hydrogen-bond donors (Lipinski definition) is 2. The molecule has 0 fully saturated rings. The van der Waals surface area contributed by atoms with Crippen molar-refractivity contribution in [3.8, 4) is 11.5 Å². The van der Waals surface area contributed by atoms with Crippen LogP contribution in [-0.2, 0) is 0 Å². The zero-order valence-corrected chi connectivity index (χ0v) is 10.8. The Hall–Kier alpha value is -2.76. The summed E-state index contributed by atoms with van der Waals surface area (Å²) in [5, 5.41) is 2.78. The molecule has 6 nitrogen and oxygen atoms in total. The summed E-state index contributed by atoms with van der Waals surface area (Å²) < 4.78 is 10.5. The minimum atomic E-state index is -0.300. The molecule has 0 unspecified atom stereocenters. The number of nitrogens with zero attached hydrogens (tertiary/aromatic N) is 1. The Morgan fingerprint density at radius 2 is 2.05 bits per heavy atom. The number of hydrogen-bond acceptors (Lipinski definition) is 5. The van der Waals surface area contributed by atoms with Crippen molar-refractivity contribution in [3.05, 3.63) is 41.7 Å². The van der Waals surface area contributed by atoms with Gasteiger partial charge in [0.25, 0.3) is 5.91 Å². The van der Waals surface area contributed by atoms with Crippen LogP contribution in [0.25, 0.3) is 0 Å². The highest BCUT2D eigenvalue weighted by atomic mass is 16.7. The second kappa shape index (κ2) is 4.73. The summed E-state index contributed by atoms with van der Waals surface area (Å²) in [5.41, 5.74) is 8.05. The maximum Gasteiger partial charge on any atom is 0.257 e. The highest BCUT2D eigenvalue weighted by Crippen LogP contribution is 2.36. The van der Waals surface area contributed by atoms with Crippen molar-refractivity contribution in [2.24, 2.45) is 0 Å². The van der Waals surface area contributed by atoms with E-state index in [1.165, 1.54) is 0 Å². The van der Waals surface area contributed by atoms with Crippen molar-refractivity contribution < 1.29 is 14.3 Å². The summed E-state index contributed by atoms with van der Waals surface area (Å²) in [5.74, 6) is 0.778. The molecule has 1 aliphatic rings. The van der Waals surface area contributed by atoms with E-state index in [-0.39, 0.29) is 12.7 Å². The summed E-state index contributed by atoms with van der Waals surface area (Å²) in [7, 11) is 0. The van der Waals surface area contributed by atoms with Crippen LogP contribution in [0.2, 0.25) is 0 Å². The average molecular weight is 271 g/mol. The first-order valence-electron chi connectivity index (χ1n) is 6.06. The van der Waals surface area contributed by atoms with Gasteiger partial charge in [-0.2, -0.15) is 0 Å². The number of anilines is 2. The zero-order chi connectivity index (χ0) is 14.1. The van der Waals surface area contributed by atoms with Gasteiger partial charge in [-0.25, -0.2) is 0 Å². The Bertz CT molecular complexity index is 685. The number of carbonyl (C=O) groups is 1. The van der Waals surface area contributed by atoms with E-state index in [0.717, 1.165) is 5.69 Å². The first-order chi connectivity index (χ1) is 9.63. The smallest absolute Gasteiger partial charge is 0.257 e. The lowest BCUT2D eigenvalue weighted by molar-refractivity contribution is 0.102. The van der Waals surface area contributed by atoms with Crippen LogP contribution in [0.1, 0.15) is 16.1 Å². The van der Waals surface area contributed by atoms with Crippen molar-refractivity contribution in [1.29, 1.82) is 0 Å². The molecule has 0 saturated heterocycles. The maximum atomic E-state index is 12.2. The summed E-state index contributed by atoms with van der Waals surface area (Å²) in [6.07, 6.45) is 1.63. The normalized spacial score (nSPS) is 12.2. The van der Waals surface area contributed by atoms with Crippen LogP contribution in [0, 0.1) is 6.92 Å². The summed E-state index contributed by atoms with van der Waals surface area (Å²) in [6, 6.07) is 6.67. The number of carbonyl (C=O) groups excluding carboxylic acids is 1. The van der Waals surface area contributed by atoms with Crippen LogP contribution >= 0.6 is 0 Å². The summed E-state index contributed by atoms with van der Waals surface area (Å²) in [4.78, 5) is 16.3. The molecule has 0 aliphatic carbocycles. The van der Waals surface area contributed by atoms with E-state index in [0.29, 0.717) is 28.4 Å².